The Balaban J connectivity index is 2.14. The molecular formula is C20H32O6. The van der Waals surface area contributed by atoms with Crippen molar-refractivity contribution in [2.75, 3.05) is 7.11 Å². The maximum absolute atomic E-state index is 12.9. The van der Waals surface area contributed by atoms with E-state index in [2.05, 4.69) is 0 Å². The molecule has 0 amide bonds. The van der Waals surface area contributed by atoms with E-state index in [-0.39, 0.29) is 17.8 Å². The van der Waals surface area contributed by atoms with Crippen LogP contribution in [0.2, 0.25) is 0 Å². The van der Waals surface area contributed by atoms with Crippen molar-refractivity contribution in [2.45, 2.75) is 77.1 Å². The molecule has 6 atom stereocenters. The summed E-state index contributed by atoms with van der Waals surface area (Å²) in [6, 6.07) is 0. The van der Waals surface area contributed by atoms with E-state index in [1.165, 1.54) is 13.5 Å². The Morgan fingerprint density at radius 1 is 1.19 bits per heavy atom. The predicted octanol–water partition coefficient (Wildman–Crippen LogP) is 2.92. The first-order valence-corrected chi connectivity index (χ1v) is 9.67. The quantitative estimate of drug-likeness (QED) is 0.484. The van der Waals surface area contributed by atoms with Crippen LogP contribution in [0, 0.1) is 23.7 Å². The molecule has 2 saturated carbocycles. The Labute approximate surface area is 155 Å². The predicted molar refractivity (Wildman–Crippen MR) is 95.3 cm³/mol. The molecule has 0 saturated heterocycles. The molecule has 0 radical (unpaired) electrons. The highest BCUT2D eigenvalue weighted by Crippen LogP contribution is 2.45. The zero-order valence-corrected chi connectivity index (χ0v) is 16.3. The molecule has 0 N–H and O–H groups in total. The fourth-order valence-electron chi connectivity index (χ4n) is 4.90. The third-order valence-corrected chi connectivity index (χ3v) is 6.28. The number of ether oxygens (including phenoxy) is 3. The largest absolute Gasteiger partial charge is 0.462 e. The van der Waals surface area contributed by atoms with Crippen molar-refractivity contribution in [3.05, 3.63) is 0 Å². The molecule has 2 aliphatic rings. The summed E-state index contributed by atoms with van der Waals surface area (Å²) in [4.78, 5) is 35.5. The van der Waals surface area contributed by atoms with Gasteiger partial charge in [0, 0.05) is 13.0 Å². The molecule has 0 aromatic rings. The van der Waals surface area contributed by atoms with E-state index in [0.29, 0.717) is 12.9 Å². The summed E-state index contributed by atoms with van der Waals surface area (Å²) in [6.07, 6.45) is 5.65. The van der Waals surface area contributed by atoms with Crippen LogP contribution in [0.5, 0.6) is 0 Å². The number of esters is 1. The fraction of sp³-hybridized carbons (Fsp3) is 0.850. The van der Waals surface area contributed by atoms with E-state index in [1.54, 1.807) is 6.92 Å². The van der Waals surface area contributed by atoms with Gasteiger partial charge in [-0.25, -0.2) is 0 Å². The molecule has 6 unspecified atom stereocenters. The zero-order chi connectivity index (χ0) is 19.3. The Bertz CT molecular complexity index is 499. The molecule has 2 fully saturated rings. The number of methoxy groups -OCH3 is 1. The number of hydrogen-bond donors (Lipinski definition) is 0. The first-order valence-electron chi connectivity index (χ1n) is 9.67. The van der Waals surface area contributed by atoms with Crippen molar-refractivity contribution < 1.29 is 28.6 Å². The molecule has 0 aromatic heterocycles. The highest BCUT2D eigenvalue weighted by Gasteiger charge is 2.51. The van der Waals surface area contributed by atoms with E-state index in [9.17, 15) is 14.4 Å². The van der Waals surface area contributed by atoms with Gasteiger partial charge < -0.3 is 19.0 Å². The molecule has 2 aliphatic carbocycles. The van der Waals surface area contributed by atoms with E-state index in [0.717, 1.165) is 32.0 Å². The van der Waals surface area contributed by atoms with Gasteiger partial charge in [0.1, 0.15) is 18.0 Å². The molecule has 0 aliphatic heterocycles. The minimum atomic E-state index is -0.493. The Kier molecular flexibility index (Phi) is 7.21. The standard InChI is InChI=1S/C20H32O6/c1-13-10-15(18(24-4)14(2)25-12-22)16(11-21)17(13)19(23)26-20(3)8-6-5-7-9-20/h11-18H,5-10H2,1-4H3. The second kappa shape index (κ2) is 8.98. The molecule has 26 heavy (non-hydrogen) atoms. The number of carbonyl (C=O) groups excluding carboxylic acids is 3. The number of hydrogen-bond acceptors (Lipinski definition) is 6. The molecule has 6 heteroatoms. The number of rotatable bonds is 8. The lowest BCUT2D eigenvalue weighted by atomic mass is 9.83. The van der Waals surface area contributed by atoms with Gasteiger partial charge in [-0.3, -0.25) is 9.59 Å². The summed E-state index contributed by atoms with van der Waals surface area (Å²) >= 11 is 0. The molecule has 2 rings (SSSR count). The number of aldehydes is 1. The molecule has 0 aromatic carbocycles. The van der Waals surface area contributed by atoms with Crippen LogP contribution in [0.1, 0.15) is 59.3 Å². The highest BCUT2D eigenvalue weighted by atomic mass is 16.6. The van der Waals surface area contributed by atoms with Gasteiger partial charge in [0.15, 0.2) is 0 Å². The third kappa shape index (κ3) is 4.45. The van der Waals surface area contributed by atoms with Crippen molar-refractivity contribution in [1.29, 1.82) is 0 Å². The Hall–Kier alpha value is -1.43. The summed E-state index contributed by atoms with van der Waals surface area (Å²) in [5.74, 6) is -1.42. The van der Waals surface area contributed by atoms with Crippen LogP contribution in [0.4, 0.5) is 0 Å². The second-order valence-corrected chi connectivity index (χ2v) is 8.19. The van der Waals surface area contributed by atoms with Crippen molar-refractivity contribution in [1.82, 2.24) is 0 Å². The minimum Gasteiger partial charge on any atom is -0.462 e. The monoisotopic (exact) mass is 368 g/mol. The van der Waals surface area contributed by atoms with E-state index in [1.807, 2.05) is 13.8 Å². The summed E-state index contributed by atoms with van der Waals surface area (Å²) in [5, 5.41) is 0. The Morgan fingerprint density at radius 2 is 1.85 bits per heavy atom. The molecule has 6 nitrogen and oxygen atoms in total. The van der Waals surface area contributed by atoms with Crippen molar-refractivity contribution >= 4 is 18.7 Å². The number of carbonyl (C=O) groups is 3. The fourth-order valence-corrected chi connectivity index (χ4v) is 4.90. The van der Waals surface area contributed by atoms with Gasteiger partial charge in [-0.2, -0.15) is 0 Å². The maximum Gasteiger partial charge on any atom is 0.310 e. The van der Waals surface area contributed by atoms with Gasteiger partial charge >= 0.3 is 5.97 Å². The van der Waals surface area contributed by atoms with Gasteiger partial charge in [-0.1, -0.05) is 13.3 Å². The normalized spacial score (nSPS) is 33.1. The lowest BCUT2D eigenvalue weighted by Gasteiger charge is -2.35. The minimum absolute atomic E-state index is 0.0102. The summed E-state index contributed by atoms with van der Waals surface area (Å²) < 4.78 is 16.5. The van der Waals surface area contributed by atoms with Crippen LogP contribution >= 0.6 is 0 Å². The average Bonchev–Trinajstić information content (AvgIpc) is 2.92. The molecule has 0 spiro atoms. The van der Waals surface area contributed by atoms with Gasteiger partial charge in [0.25, 0.3) is 6.47 Å². The van der Waals surface area contributed by atoms with Crippen LogP contribution < -0.4 is 0 Å². The summed E-state index contributed by atoms with van der Waals surface area (Å²) in [7, 11) is 1.54. The van der Waals surface area contributed by atoms with Crippen molar-refractivity contribution in [3.8, 4) is 0 Å². The van der Waals surface area contributed by atoms with Gasteiger partial charge in [0.05, 0.1) is 12.0 Å². The SMILES string of the molecule is COC(C(C)OC=O)C1CC(C)C(C(=O)OC2(C)CCCCC2)C1C=O. The van der Waals surface area contributed by atoms with Gasteiger partial charge in [-0.15, -0.1) is 0 Å². The van der Waals surface area contributed by atoms with Crippen LogP contribution in [0.25, 0.3) is 0 Å². The first kappa shape index (κ1) is 20.9. The average molecular weight is 368 g/mol. The molecule has 0 bridgehead atoms. The Morgan fingerprint density at radius 3 is 2.38 bits per heavy atom. The van der Waals surface area contributed by atoms with Gasteiger partial charge in [-0.05, 0) is 57.8 Å². The van der Waals surface area contributed by atoms with Crippen LogP contribution in [-0.2, 0) is 28.6 Å². The second-order valence-electron chi connectivity index (χ2n) is 8.19. The maximum atomic E-state index is 12.9. The third-order valence-electron chi connectivity index (χ3n) is 6.28. The van der Waals surface area contributed by atoms with Crippen molar-refractivity contribution in [3.63, 3.8) is 0 Å². The van der Waals surface area contributed by atoms with E-state index >= 15 is 0 Å². The lowest BCUT2D eigenvalue weighted by molar-refractivity contribution is -0.170. The summed E-state index contributed by atoms with van der Waals surface area (Å²) in [6.45, 7) is 6.10. The smallest absolute Gasteiger partial charge is 0.310 e. The van der Waals surface area contributed by atoms with Crippen LogP contribution in [0.3, 0.4) is 0 Å². The molecule has 0 heterocycles. The molecular weight excluding hydrogens is 336 g/mol. The van der Waals surface area contributed by atoms with Crippen LogP contribution in [-0.4, -0.2) is 43.6 Å². The topological polar surface area (TPSA) is 78.9 Å². The summed E-state index contributed by atoms with van der Waals surface area (Å²) in [5.41, 5.74) is -0.421. The van der Waals surface area contributed by atoms with Gasteiger partial charge in [0.2, 0.25) is 0 Å². The van der Waals surface area contributed by atoms with E-state index in [4.69, 9.17) is 14.2 Å². The van der Waals surface area contributed by atoms with Crippen molar-refractivity contribution in [2.24, 2.45) is 23.7 Å². The first-order chi connectivity index (χ1) is 12.4. The highest BCUT2D eigenvalue weighted by molar-refractivity contribution is 5.78. The lowest BCUT2D eigenvalue weighted by Crippen LogP contribution is -2.41. The van der Waals surface area contributed by atoms with Crippen LogP contribution in [0.15, 0.2) is 0 Å². The molecule has 148 valence electrons. The zero-order valence-electron chi connectivity index (χ0n) is 16.3. The van der Waals surface area contributed by atoms with E-state index < -0.39 is 29.6 Å².